The first-order valence-corrected chi connectivity index (χ1v) is 11.8. The van der Waals surface area contributed by atoms with Crippen molar-refractivity contribution in [2.75, 3.05) is 6.54 Å². The summed E-state index contributed by atoms with van der Waals surface area (Å²) in [4.78, 5) is 19.1. The standard InChI is InChI=1S/C24H30N2O3S/c1-17-25-20(16-30-17)15-29-22-10-7-18(8-11-22)9-12-24(28)26-14-21(27)13-23(26)19-5-3-2-4-6-19/h7-12,16,19,21,23,27H,2-6,13-15H2,1H3/b12-9+. The van der Waals surface area contributed by atoms with Crippen molar-refractivity contribution in [3.05, 3.63) is 52.0 Å². The monoisotopic (exact) mass is 426 g/mol. The number of likely N-dealkylation sites (tertiary alicyclic amines) is 1. The SMILES string of the molecule is Cc1nc(COc2ccc(/C=C/C(=O)N3CC(O)CC3C3CCCCC3)cc2)cs1. The minimum Gasteiger partial charge on any atom is -0.487 e. The third kappa shape index (κ3) is 5.29. The third-order valence-electron chi connectivity index (χ3n) is 6.15. The molecule has 1 saturated carbocycles. The van der Waals surface area contributed by atoms with Crippen LogP contribution in [0.2, 0.25) is 0 Å². The van der Waals surface area contributed by atoms with Crippen molar-refractivity contribution in [3.8, 4) is 5.75 Å². The lowest BCUT2D eigenvalue weighted by molar-refractivity contribution is -0.128. The van der Waals surface area contributed by atoms with Crippen LogP contribution in [0.5, 0.6) is 5.75 Å². The molecule has 1 saturated heterocycles. The summed E-state index contributed by atoms with van der Waals surface area (Å²) in [6.45, 7) is 2.89. The highest BCUT2D eigenvalue weighted by molar-refractivity contribution is 7.09. The number of aromatic nitrogens is 1. The molecule has 0 spiro atoms. The van der Waals surface area contributed by atoms with Crippen molar-refractivity contribution in [1.82, 2.24) is 9.88 Å². The Morgan fingerprint density at radius 1 is 1.27 bits per heavy atom. The van der Waals surface area contributed by atoms with Crippen LogP contribution >= 0.6 is 11.3 Å². The summed E-state index contributed by atoms with van der Waals surface area (Å²) < 4.78 is 5.78. The van der Waals surface area contributed by atoms with Gasteiger partial charge in [-0.1, -0.05) is 31.4 Å². The number of carbonyl (C=O) groups excluding carboxylic acids is 1. The van der Waals surface area contributed by atoms with Crippen LogP contribution in [-0.2, 0) is 11.4 Å². The van der Waals surface area contributed by atoms with Crippen molar-refractivity contribution in [2.45, 2.75) is 64.2 Å². The molecule has 1 aromatic heterocycles. The van der Waals surface area contributed by atoms with E-state index in [1.165, 1.54) is 32.1 Å². The van der Waals surface area contributed by atoms with E-state index in [9.17, 15) is 9.90 Å². The molecule has 30 heavy (non-hydrogen) atoms. The maximum atomic E-state index is 12.8. The van der Waals surface area contributed by atoms with Crippen molar-refractivity contribution in [3.63, 3.8) is 0 Å². The number of rotatable bonds is 6. The number of thiazole rings is 1. The van der Waals surface area contributed by atoms with Gasteiger partial charge in [0.2, 0.25) is 5.91 Å². The highest BCUT2D eigenvalue weighted by Crippen LogP contribution is 2.34. The second kappa shape index (κ2) is 9.75. The summed E-state index contributed by atoms with van der Waals surface area (Å²) in [5, 5.41) is 13.2. The van der Waals surface area contributed by atoms with Gasteiger partial charge >= 0.3 is 0 Å². The molecule has 5 nitrogen and oxygen atoms in total. The van der Waals surface area contributed by atoms with Crippen molar-refractivity contribution < 1.29 is 14.6 Å². The molecular weight excluding hydrogens is 396 g/mol. The highest BCUT2D eigenvalue weighted by Gasteiger charge is 2.38. The molecule has 2 heterocycles. The van der Waals surface area contributed by atoms with E-state index in [1.807, 2.05) is 47.5 Å². The third-order valence-corrected chi connectivity index (χ3v) is 6.97. The molecule has 4 rings (SSSR count). The van der Waals surface area contributed by atoms with E-state index >= 15 is 0 Å². The van der Waals surface area contributed by atoms with E-state index < -0.39 is 6.10 Å². The van der Waals surface area contributed by atoms with Gasteiger partial charge < -0.3 is 14.7 Å². The van der Waals surface area contributed by atoms with Crippen LogP contribution in [0.25, 0.3) is 6.08 Å². The summed E-state index contributed by atoms with van der Waals surface area (Å²) in [5.41, 5.74) is 1.89. The predicted molar refractivity (Wildman–Crippen MR) is 119 cm³/mol. The Bertz CT molecular complexity index is 871. The summed E-state index contributed by atoms with van der Waals surface area (Å²) in [6.07, 6.45) is 9.93. The summed E-state index contributed by atoms with van der Waals surface area (Å²) in [6, 6.07) is 7.90. The Labute approximate surface area is 182 Å². The minimum absolute atomic E-state index is 0.00125. The van der Waals surface area contributed by atoms with E-state index in [1.54, 1.807) is 17.4 Å². The molecular formula is C24H30N2O3S. The van der Waals surface area contributed by atoms with Crippen molar-refractivity contribution in [1.29, 1.82) is 0 Å². The van der Waals surface area contributed by atoms with Gasteiger partial charge in [-0.05, 0) is 55.9 Å². The van der Waals surface area contributed by atoms with Gasteiger partial charge in [0.25, 0.3) is 0 Å². The quantitative estimate of drug-likeness (QED) is 0.687. The predicted octanol–water partition coefficient (Wildman–Crippen LogP) is 4.59. The number of ether oxygens (including phenoxy) is 1. The number of aryl methyl sites for hydroxylation is 1. The van der Waals surface area contributed by atoms with Crippen LogP contribution in [-0.4, -0.2) is 39.6 Å². The lowest BCUT2D eigenvalue weighted by Crippen LogP contribution is -2.40. The van der Waals surface area contributed by atoms with E-state index in [0.29, 0.717) is 19.1 Å². The average Bonchev–Trinajstić information content (AvgIpc) is 3.37. The van der Waals surface area contributed by atoms with Crippen LogP contribution in [0.15, 0.2) is 35.7 Å². The first-order chi connectivity index (χ1) is 14.6. The fourth-order valence-electron chi connectivity index (χ4n) is 4.63. The molecule has 2 aromatic rings. The van der Waals surface area contributed by atoms with Gasteiger partial charge in [-0.3, -0.25) is 4.79 Å². The highest BCUT2D eigenvalue weighted by atomic mass is 32.1. The second-order valence-electron chi connectivity index (χ2n) is 8.39. The maximum Gasteiger partial charge on any atom is 0.246 e. The van der Waals surface area contributed by atoms with Crippen LogP contribution < -0.4 is 4.74 Å². The summed E-state index contributed by atoms with van der Waals surface area (Å²) in [7, 11) is 0. The molecule has 6 heteroatoms. The molecule has 0 bridgehead atoms. The summed E-state index contributed by atoms with van der Waals surface area (Å²) in [5.74, 6) is 1.32. The number of β-amino-alcohol motifs (C(OH)–C–C–N with tert-alkyl or cyclic N) is 1. The first-order valence-electron chi connectivity index (χ1n) is 10.9. The minimum atomic E-state index is -0.396. The van der Waals surface area contributed by atoms with Crippen LogP contribution in [0, 0.1) is 12.8 Å². The zero-order valence-electron chi connectivity index (χ0n) is 17.5. The number of amides is 1. The molecule has 160 valence electrons. The van der Waals surface area contributed by atoms with Gasteiger partial charge in [-0.2, -0.15) is 0 Å². The normalized spacial score (nSPS) is 22.7. The zero-order valence-corrected chi connectivity index (χ0v) is 18.3. The lowest BCUT2D eigenvalue weighted by atomic mass is 9.82. The van der Waals surface area contributed by atoms with Crippen LogP contribution in [0.4, 0.5) is 0 Å². The zero-order chi connectivity index (χ0) is 20.9. The van der Waals surface area contributed by atoms with E-state index in [2.05, 4.69) is 4.98 Å². The van der Waals surface area contributed by atoms with Gasteiger partial charge in [0.1, 0.15) is 12.4 Å². The average molecular weight is 427 g/mol. The molecule has 2 unspecified atom stereocenters. The smallest absolute Gasteiger partial charge is 0.246 e. The molecule has 1 N–H and O–H groups in total. The van der Waals surface area contributed by atoms with E-state index in [0.717, 1.165) is 28.4 Å². The number of carbonyl (C=O) groups is 1. The number of nitrogens with zero attached hydrogens (tertiary/aromatic N) is 2. The number of benzene rings is 1. The second-order valence-corrected chi connectivity index (χ2v) is 9.46. The van der Waals surface area contributed by atoms with Gasteiger partial charge in [0.05, 0.1) is 16.8 Å². The van der Waals surface area contributed by atoms with Gasteiger partial charge in [0.15, 0.2) is 0 Å². The largest absolute Gasteiger partial charge is 0.487 e. The van der Waals surface area contributed by atoms with Gasteiger partial charge in [0, 0.05) is 24.0 Å². The Balaban J connectivity index is 1.33. The molecule has 2 atom stereocenters. The van der Waals surface area contributed by atoms with Gasteiger partial charge in [-0.25, -0.2) is 4.98 Å². The fourth-order valence-corrected chi connectivity index (χ4v) is 5.23. The number of aliphatic hydroxyl groups excluding tert-OH is 1. The molecule has 2 fully saturated rings. The first kappa shape index (κ1) is 21.1. The molecule has 1 amide bonds. The number of aliphatic hydroxyl groups is 1. The van der Waals surface area contributed by atoms with Gasteiger partial charge in [-0.15, -0.1) is 11.3 Å². The van der Waals surface area contributed by atoms with Crippen molar-refractivity contribution in [2.24, 2.45) is 5.92 Å². The fraction of sp³-hybridized carbons (Fsp3) is 0.500. The Kier molecular flexibility index (Phi) is 6.85. The molecule has 2 aliphatic rings. The molecule has 1 aliphatic heterocycles. The molecule has 1 aromatic carbocycles. The molecule has 0 radical (unpaired) electrons. The Hall–Kier alpha value is -2.18. The van der Waals surface area contributed by atoms with E-state index in [4.69, 9.17) is 4.74 Å². The van der Waals surface area contributed by atoms with Crippen molar-refractivity contribution >= 4 is 23.3 Å². The van der Waals surface area contributed by atoms with Crippen LogP contribution in [0.3, 0.4) is 0 Å². The Morgan fingerprint density at radius 3 is 2.73 bits per heavy atom. The van der Waals surface area contributed by atoms with Crippen LogP contribution in [0.1, 0.15) is 54.8 Å². The maximum absolute atomic E-state index is 12.8. The number of hydrogen-bond donors (Lipinski definition) is 1. The lowest BCUT2D eigenvalue weighted by Gasteiger charge is -2.33. The topological polar surface area (TPSA) is 62.7 Å². The number of hydrogen-bond acceptors (Lipinski definition) is 5. The van der Waals surface area contributed by atoms with E-state index in [-0.39, 0.29) is 11.9 Å². The summed E-state index contributed by atoms with van der Waals surface area (Å²) >= 11 is 1.62. The molecule has 1 aliphatic carbocycles. The Morgan fingerprint density at radius 2 is 2.03 bits per heavy atom.